The molecule has 0 amide bonds. The number of pyridine rings is 1. The number of piperidine rings is 3. The van der Waals surface area contributed by atoms with Gasteiger partial charge in [-0.1, -0.05) is 65.8 Å². The summed E-state index contributed by atoms with van der Waals surface area (Å²) in [5.74, 6) is 2.08. The molecule has 40 heavy (non-hydrogen) atoms. The van der Waals surface area contributed by atoms with E-state index in [1.807, 2.05) is 30.5 Å². The Morgan fingerprint density at radius 3 is 2.33 bits per heavy atom. The lowest BCUT2D eigenvalue weighted by atomic mass is 9.70. The van der Waals surface area contributed by atoms with Crippen molar-refractivity contribution >= 4 is 10.9 Å². The number of benzene rings is 2. The first-order valence-corrected chi connectivity index (χ1v) is 14.6. The van der Waals surface area contributed by atoms with Crippen LogP contribution in [0.5, 0.6) is 5.75 Å². The molecule has 3 aliphatic rings. The highest BCUT2D eigenvalue weighted by molar-refractivity contribution is 5.82. The third kappa shape index (κ3) is 5.49. The van der Waals surface area contributed by atoms with E-state index in [0.717, 1.165) is 52.8 Å². The van der Waals surface area contributed by atoms with Gasteiger partial charge in [0.2, 0.25) is 0 Å². The van der Waals surface area contributed by atoms with Crippen molar-refractivity contribution in [1.82, 2.24) is 4.98 Å². The van der Waals surface area contributed by atoms with E-state index in [2.05, 4.69) is 77.4 Å². The Morgan fingerprint density at radius 1 is 1.07 bits per heavy atom. The maximum absolute atomic E-state index is 12.1. The normalized spacial score (nSPS) is 25.4. The Bertz CT molecular complexity index is 1330. The van der Waals surface area contributed by atoms with Crippen molar-refractivity contribution in [1.29, 1.82) is 0 Å². The van der Waals surface area contributed by atoms with Crippen molar-refractivity contribution in [2.24, 2.45) is 11.8 Å². The Balaban J connectivity index is 0.00000370. The zero-order chi connectivity index (χ0) is 28.2. The third-order valence-corrected chi connectivity index (χ3v) is 9.51. The fourth-order valence-electron chi connectivity index (χ4n) is 7.44. The average molecular weight is 608 g/mol. The zero-order valence-electron chi connectivity index (χ0n) is 25.4. The largest absolute Gasteiger partial charge is 1.00 e. The van der Waals surface area contributed by atoms with Crippen LogP contribution in [0.25, 0.3) is 10.9 Å². The Labute approximate surface area is 251 Å². The summed E-state index contributed by atoms with van der Waals surface area (Å²) in [4.78, 5) is 4.57. The molecule has 3 fully saturated rings. The molecule has 2 bridgehead atoms. The number of aliphatic hydroxyl groups is 1. The standard InChI is InChI=1S/C35H47N2O2.BrH/c1-9-24-22-37(21-23-18-28(34(2,3)4)33(39-8)29(19-23)35(5,6)7)17-15-25(24)20-31(37)32(38)27-14-16-36-30-13-11-10-12-26(27)30;/h9-14,16,18-19,24-25,31-32,38H,1,15,17,20-22H2,2-8H3;1H/q+1;/p-1/t24-,25-,31+,32-,37+;/m0./s1. The monoisotopic (exact) mass is 606 g/mol. The zero-order valence-corrected chi connectivity index (χ0v) is 27.0. The molecule has 4 heterocycles. The molecule has 1 aromatic heterocycles. The number of rotatable bonds is 6. The molecular weight excluding hydrogens is 560 g/mol. The van der Waals surface area contributed by atoms with Gasteiger partial charge in [0.15, 0.2) is 0 Å². The molecule has 3 aliphatic heterocycles. The van der Waals surface area contributed by atoms with Gasteiger partial charge in [0.25, 0.3) is 0 Å². The van der Waals surface area contributed by atoms with E-state index in [0.29, 0.717) is 11.8 Å². The number of quaternary nitrogens is 1. The number of hydrogen-bond acceptors (Lipinski definition) is 3. The summed E-state index contributed by atoms with van der Waals surface area (Å²) < 4.78 is 6.96. The van der Waals surface area contributed by atoms with E-state index in [-0.39, 0.29) is 33.9 Å². The van der Waals surface area contributed by atoms with E-state index in [1.165, 1.54) is 23.1 Å². The minimum Gasteiger partial charge on any atom is -1.00 e. The van der Waals surface area contributed by atoms with Gasteiger partial charge >= 0.3 is 0 Å². The van der Waals surface area contributed by atoms with Crippen LogP contribution < -0.4 is 21.7 Å². The van der Waals surface area contributed by atoms with Crippen molar-refractivity contribution in [2.75, 3.05) is 20.2 Å². The number of nitrogens with zero attached hydrogens (tertiary/aromatic N) is 2. The van der Waals surface area contributed by atoms with Crippen molar-refractivity contribution < 1.29 is 31.3 Å². The second-order valence-electron chi connectivity index (χ2n) is 14.1. The fourth-order valence-corrected chi connectivity index (χ4v) is 7.44. The summed E-state index contributed by atoms with van der Waals surface area (Å²) in [6, 6.07) is 15.1. The van der Waals surface area contributed by atoms with E-state index in [4.69, 9.17) is 4.74 Å². The lowest BCUT2D eigenvalue weighted by Crippen LogP contribution is -3.00. The molecule has 0 radical (unpaired) electrons. The Morgan fingerprint density at radius 2 is 1.73 bits per heavy atom. The van der Waals surface area contributed by atoms with Crippen LogP contribution in [0.2, 0.25) is 0 Å². The van der Waals surface area contributed by atoms with Crippen LogP contribution in [-0.2, 0) is 17.4 Å². The van der Waals surface area contributed by atoms with Gasteiger partial charge in [0, 0.05) is 47.0 Å². The number of halogens is 1. The highest BCUT2D eigenvalue weighted by Gasteiger charge is 2.54. The van der Waals surface area contributed by atoms with Crippen LogP contribution in [-0.4, -0.2) is 40.8 Å². The van der Waals surface area contributed by atoms with E-state index >= 15 is 0 Å². The molecule has 0 unspecified atom stereocenters. The van der Waals surface area contributed by atoms with E-state index < -0.39 is 6.10 Å². The molecule has 0 saturated carbocycles. The molecular formula is C35H47BrN2O2. The highest BCUT2D eigenvalue weighted by atomic mass is 79.9. The number of hydrogen-bond donors (Lipinski definition) is 1. The highest BCUT2D eigenvalue weighted by Crippen LogP contribution is 2.49. The van der Waals surface area contributed by atoms with Crippen LogP contribution in [0.3, 0.4) is 0 Å². The van der Waals surface area contributed by atoms with Crippen molar-refractivity contribution in [3.8, 4) is 5.75 Å². The van der Waals surface area contributed by atoms with Crippen LogP contribution in [0.15, 0.2) is 61.3 Å². The molecule has 4 nitrogen and oxygen atoms in total. The Kier molecular flexibility index (Phi) is 8.63. The number of fused-ring (bicyclic) bond motifs is 4. The van der Waals surface area contributed by atoms with Gasteiger partial charge in [-0.15, -0.1) is 6.58 Å². The summed E-state index contributed by atoms with van der Waals surface area (Å²) in [7, 11) is 1.80. The lowest BCUT2D eigenvalue weighted by Gasteiger charge is -2.58. The van der Waals surface area contributed by atoms with Gasteiger partial charge in [-0.2, -0.15) is 0 Å². The van der Waals surface area contributed by atoms with Crippen LogP contribution in [0, 0.1) is 11.8 Å². The summed E-state index contributed by atoms with van der Waals surface area (Å²) in [5, 5.41) is 13.2. The SMILES string of the molecule is C=C[C@H]1C[N@+]2(Cc3cc(C(C)(C)C)c(OC)c(C(C)(C)C)c3)CC[C@H]1C[C@@H]2[C@@H](O)c1ccnc2ccccc12.[Br-]. The van der Waals surface area contributed by atoms with Crippen molar-refractivity contribution in [3.05, 3.63) is 83.6 Å². The van der Waals surface area contributed by atoms with Crippen LogP contribution in [0.1, 0.15) is 82.7 Å². The summed E-state index contributed by atoms with van der Waals surface area (Å²) in [6.07, 6.45) is 5.68. The minimum absolute atomic E-state index is 0. The maximum atomic E-state index is 12.1. The topological polar surface area (TPSA) is 42.4 Å². The average Bonchev–Trinajstić information content (AvgIpc) is 2.90. The van der Waals surface area contributed by atoms with Gasteiger partial charge < -0.3 is 31.3 Å². The molecule has 216 valence electrons. The van der Waals surface area contributed by atoms with Gasteiger partial charge in [-0.3, -0.25) is 4.98 Å². The molecule has 1 N–H and O–H groups in total. The van der Waals surface area contributed by atoms with Crippen LogP contribution >= 0.6 is 0 Å². The number of para-hydroxylation sites is 1. The van der Waals surface area contributed by atoms with Crippen molar-refractivity contribution in [2.45, 2.75) is 83.9 Å². The first kappa shape index (κ1) is 30.7. The molecule has 3 aromatic rings. The summed E-state index contributed by atoms with van der Waals surface area (Å²) in [5.41, 5.74) is 5.71. The smallest absolute Gasteiger partial charge is 0.131 e. The lowest BCUT2D eigenvalue weighted by molar-refractivity contribution is -0.984. The van der Waals surface area contributed by atoms with E-state index in [1.54, 1.807) is 7.11 Å². The predicted octanol–water partition coefficient (Wildman–Crippen LogP) is 4.49. The molecule has 5 heteroatoms. The molecule has 5 atom stereocenters. The number of ether oxygens (including phenoxy) is 1. The van der Waals surface area contributed by atoms with E-state index in [9.17, 15) is 5.11 Å². The van der Waals surface area contributed by atoms with Crippen LogP contribution in [0.4, 0.5) is 0 Å². The molecule has 6 rings (SSSR count). The quantitative estimate of drug-likeness (QED) is 0.332. The first-order valence-electron chi connectivity index (χ1n) is 14.6. The Hall–Kier alpha value is -2.21. The van der Waals surface area contributed by atoms with Gasteiger partial charge in [-0.25, -0.2) is 0 Å². The molecule has 0 spiro atoms. The summed E-state index contributed by atoms with van der Waals surface area (Å²) in [6.45, 7) is 20.9. The number of aliphatic hydroxyl groups excluding tert-OH is 1. The first-order chi connectivity index (χ1) is 18.4. The van der Waals surface area contributed by atoms with Crippen molar-refractivity contribution in [3.63, 3.8) is 0 Å². The second kappa shape index (κ2) is 11.2. The predicted molar refractivity (Wildman–Crippen MR) is 161 cm³/mol. The molecule has 0 aliphatic carbocycles. The van der Waals surface area contributed by atoms with Gasteiger partial charge in [-0.05, 0) is 46.6 Å². The molecule has 2 aromatic carbocycles. The third-order valence-electron chi connectivity index (χ3n) is 9.51. The second-order valence-corrected chi connectivity index (χ2v) is 14.1. The van der Waals surface area contributed by atoms with Gasteiger partial charge in [0.1, 0.15) is 24.4 Å². The fraction of sp³-hybridized carbons (Fsp3) is 0.514. The number of methoxy groups -OCH3 is 1. The summed E-state index contributed by atoms with van der Waals surface area (Å²) >= 11 is 0. The maximum Gasteiger partial charge on any atom is 0.131 e. The minimum atomic E-state index is -0.547. The molecule has 3 saturated heterocycles. The number of aromatic nitrogens is 1. The van der Waals surface area contributed by atoms with Gasteiger partial charge in [0.05, 0.1) is 25.7 Å².